The van der Waals surface area contributed by atoms with Crippen LogP contribution in [0.3, 0.4) is 0 Å². The number of amides is 1. The number of hydrogen-bond donors (Lipinski definition) is 1. The first-order valence-electron chi connectivity index (χ1n) is 7.79. The van der Waals surface area contributed by atoms with E-state index in [0.717, 1.165) is 38.4 Å². The van der Waals surface area contributed by atoms with Crippen LogP contribution in [0.2, 0.25) is 0 Å². The lowest BCUT2D eigenvalue weighted by Crippen LogP contribution is -2.48. The average Bonchev–Trinajstić information content (AvgIpc) is 3.05. The second-order valence-corrected chi connectivity index (χ2v) is 6.46. The highest BCUT2D eigenvalue weighted by molar-refractivity contribution is 5.84. The molecule has 0 aromatic carbocycles. The molecule has 1 saturated carbocycles. The van der Waals surface area contributed by atoms with Crippen LogP contribution in [0.4, 0.5) is 0 Å². The molecular weight excluding hydrogens is 224 g/mol. The molecule has 3 atom stereocenters. The zero-order valence-corrected chi connectivity index (χ0v) is 11.6. The third kappa shape index (κ3) is 1.87. The van der Waals surface area contributed by atoms with Gasteiger partial charge in [0.1, 0.15) is 0 Å². The van der Waals surface area contributed by atoms with Gasteiger partial charge >= 0.3 is 0 Å². The van der Waals surface area contributed by atoms with Crippen LogP contribution in [0.5, 0.6) is 0 Å². The maximum atomic E-state index is 12.9. The van der Waals surface area contributed by atoms with E-state index in [0.29, 0.717) is 11.9 Å². The average molecular weight is 250 g/mol. The summed E-state index contributed by atoms with van der Waals surface area (Å²) in [6.07, 6.45) is 8.59. The summed E-state index contributed by atoms with van der Waals surface area (Å²) in [5.41, 5.74) is -0.0770. The molecule has 18 heavy (non-hydrogen) atoms. The highest BCUT2D eigenvalue weighted by Gasteiger charge is 2.47. The lowest BCUT2D eigenvalue weighted by Gasteiger charge is -2.37. The van der Waals surface area contributed by atoms with Crippen molar-refractivity contribution in [2.45, 2.75) is 57.9 Å². The van der Waals surface area contributed by atoms with Crippen molar-refractivity contribution in [2.75, 3.05) is 19.6 Å². The number of nitrogens with zero attached hydrogens (tertiary/aromatic N) is 1. The Morgan fingerprint density at radius 3 is 2.89 bits per heavy atom. The van der Waals surface area contributed by atoms with E-state index in [1.807, 2.05) is 0 Å². The van der Waals surface area contributed by atoms with Crippen molar-refractivity contribution in [1.29, 1.82) is 0 Å². The van der Waals surface area contributed by atoms with Gasteiger partial charge in [0, 0.05) is 19.1 Å². The Morgan fingerprint density at radius 1 is 1.33 bits per heavy atom. The molecule has 3 heteroatoms. The molecule has 0 aromatic rings. The van der Waals surface area contributed by atoms with Gasteiger partial charge in [0.15, 0.2) is 0 Å². The molecule has 1 aliphatic carbocycles. The molecule has 0 bridgehead atoms. The van der Waals surface area contributed by atoms with Crippen molar-refractivity contribution in [3.05, 3.63) is 0 Å². The summed E-state index contributed by atoms with van der Waals surface area (Å²) in [5, 5.41) is 3.39. The van der Waals surface area contributed by atoms with Crippen LogP contribution in [0.15, 0.2) is 0 Å². The molecule has 1 amide bonds. The minimum Gasteiger partial charge on any atom is -0.339 e. The Kier molecular flexibility index (Phi) is 3.35. The van der Waals surface area contributed by atoms with Crippen molar-refractivity contribution >= 4 is 5.91 Å². The van der Waals surface area contributed by atoms with E-state index in [4.69, 9.17) is 0 Å². The maximum absolute atomic E-state index is 12.9. The molecule has 2 saturated heterocycles. The lowest BCUT2D eigenvalue weighted by atomic mass is 9.81. The standard InChI is InChI=1S/C15H26N2O/c1-2-15(8-9-16-11-15)14(18)17-10-7-12-5-3-4-6-13(12)17/h12-13,16H,2-11H2,1H3. The summed E-state index contributed by atoms with van der Waals surface area (Å²) in [7, 11) is 0. The molecule has 3 nitrogen and oxygen atoms in total. The van der Waals surface area contributed by atoms with E-state index in [1.165, 1.54) is 32.1 Å². The molecule has 1 N–H and O–H groups in total. The molecule has 3 unspecified atom stereocenters. The summed E-state index contributed by atoms with van der Waals surface area (Å²) < 4.78 is 0. The van der Waals surface area contributed by atoms with E-state index in [2.05, 4.69) is 17.1 Å². The topological polar surface area (TPSA) is 32.3 Å². The van der Waals surface area contributed by atoms with Crippen LogP contribution < -0.4 is 5.32 Å². The van der Waals surface area contributed by atoms with E-state index < -0.39 is 0 Å². The smallest absolute Gasteiger partial charge is 0.230 e. The number of nitrogens with one attached hydrogen (secondary N) is 1. The normalized spacial score (nSPS) is 39.9. The molecule has 102 valence electrons. The molecule has 3 rings (SSSR count). The van der Waals surface area contributed by atoms with Crippen LogP contribution in [-0.2, 0) is 4.79 Å². The minimum absolute atomic E-state index is 0.0770. The summed E-state index contributed by atoms with van der Waals surface area (Å²) >= 11 is 0. The van der Waals surface area contributed by atoms with Crippen LogP contribution in [0.1, 0.15) is 51.9 Å². The Hall–Kier alpha value is -0.570. The Morgan fingerprint density at radius 2 is 2.17 bits per heavy atom. The fraction of sp³-hybridized carbons (Fsp3) is 0.933. The summed E-state index contributed by atoms with van der Waals surface area (Å²) in [6.45, 7) is 5.12. The molecule has 3 fully saturated rings. The summed E-state index contributed by atoms with van der Waals surface area (Å²) in [4.78, 5) is 15.2. The summed E-state index contributed by atoms with van der Waals surface area (Å²) in [6, 6.07) is 0.579. The van der Waals surface area contributed by atoms with Crippen LogP contribution in [-0.4, -0.2) is 36.5 Å². The SMILES string of the molecule is CCC1(C(=O)N2CCC3CCCCC32)CCNC1. The largest absolute Gasteiger partial charge is 0.339 e. The summed E-state index contributed by atoms with van der Waals surface area (Å²) in [5.74, 6) is 1.27. The first kappa shape index (κ1) is 12.5. The lowest BCUT2D eigenvalue weighted by molar-refractivity contribution is -0.143. The van der Waals surface area contributed by atoms with E-state index in [9.17, 15) is 4.79 Å². The predicted octanol–water partition coefficient (Wildman–Crippen LogP) is 2.17. The number of carbonyl (C=O) groups is 1. The highest BCUT2D eigenvalue weighted by Crippen LogP contribution is 2.40. The molecular formula is C15H26N2O. The van der Waals surface area contributed by atoms with Gasteiger partial charge in [-0.3, -0.25) is 4.79 Å². The molecule has 0 spiro atoms. The number of fused-ring (bicyclic) bond motifs is 1. The van der Waals surface area contributed by atoms with Crippen molar-refractivity contribution in [1.82, 2.24) is 10.2 Å². The zero-order valence-electron chi connectivity index (χ0n) is 11.6. The van der Waals surface area contributed by atoms with Crippen LogP contribution in [0, 0.1) is 11.3 Å². The number of likely N-dealkylation sites (tertiary alicyclic amines) is 1. The van der Waals surface area contributed by atoms with Gasteiger partial charge in [0.25, 0.3) is 0 Å². The molecule has 3 aliphatic rings. The second-order valence-electron chi connectivity index (χ2n) is 6.46. The monoisotopic (exact) mass is 250 g/mol. The van der Waals surface area contributed by atoms with Gasteiger partial charge in [-0.1, -0.05) is 19.8 Å². The van der Waals surface area contributed by atoms with Crippen LogP contribution >= 0.6 is 0 Å². The van der Waals surface area contributed by atoms with Crippen molar-refractivity contribution < 1.29 is 4.79 Å². The van der Waals surface area contributed by atoms with E-state index in [1.54, 1.807) is 0 Å². The Labute approximate surface area is 110 Å². The van der Waals surface area contributed by atoms with Gasteiger partial charge in [-0.05, 0) is 44.6 Å². The Bertz CT molecular complexity index is 322. The van der Waals surface area contributed by atoms with Crippen molar-refractivity contribution in [2.24, 2.45) is 11.3 Å². The number of carbonyl (C=O) groups excluding carboxylic acids is 1. The first-order chi connectivity index (χ1) is 8.77. The van der Waals surface area contributed by atoms with Gasteiger partial charge in [0.05, 0.1) is 5.41 Å². The van der Waals surface area contributed by atoms with Gasteiger partial charge in [0.2, 0.25) is 5.91 Å². The molecule has 2 aliphatic heterocycles. The fourth-order valence-electron chi connectivity index (χ4n) is 4.34. The predicted molar refractivity (Wildman–Crippen MR) is 72.3 cm³/mol. The second kappa shape index (κ2) is 4.84. The Balaban J connectivity index is 1.76. The molecule has 0 aromatic heterocycles. The zero-order chi connectivity index (χ0) is 12.6. The van der Waals surface area contributed by atoms with E-state index >= 15 is 0 Å². The maximum Gasteiger partial charge on any atom is 0.230 e. The third-order valence-corrected chi connectivity index (χ3v) is 5.65. The molecule has 2 heterocycles. The van der Waals surface area contributed by atoms with Crippen LogP contribution in [0.25, 0.3) is 0 Å². The first-order valence-corrected chi connectivity index (χ1v) is 7.79. The fourth-order valence-corrected chi connectivity index (χ4v) is 4.34. The van der Waals surface area contributed by atoms with Gasteiger partial charge in [-0.15, -0.1) is 0 Å². The third-order valence-electron chi connectivity index (χ3n) is 5.65. The van der Waals surface area contributed by atoms with Gasteiger partial charge in [-0.2, -0.15) is 0 Å². The van der Waals surface area contributed by atoms with E-state index in [-0.39, 0.29) is 5.41 Å². The number of rotatable bonds is 2. The quantitative estimate of drug-likeness (QED) is 0.814. The highest BCUT2D eigenvalue weighted by atomic mass is 16.2. The van der Waals surface area contributed by atoms with Gasteiger partial charge < -0.3 is 10.2 Å². The van der Waals surface area contributed by atoms with Crippen molar-refractivity contribution in [3.63, 3.8) is 0 Å². The van der Waals surface area contributed by atoms with Gasteiger partial charge in [-0.25, -0.2) is 0 Å². The molecule has 0 radical (unpaired) electrons. The minimum atomic E-state index is -0.0770. The van der Waals surface area contributed by atoms with Crippen molar-refractivity contribution in [3.8, 4) is 0 Å². The number of hydrogen-bond acceptors (Lipinski definition) is 2.